The first-order valence-electron chi connectivity index (χ1n) is 5.69. The number of hydrogen-bond donors (Lipinski definition) is 1. The fourth-order valence-corrected chi connectivity index (χ4v) is 3.24. The van der Waals surface area contributed by atoms with E-state index in [0.717, 1.165) is 12.8 Å². The number of nitrogens with zero attached hydrogens (tertiary/aromatic N) is 1. The lowest BCUT2D eigenvalue weighted by Crippen LogP contribution is -2.43. The van der Waals surface area contributed by atoms with E-state index < -0.39 is 8.80 Å². The Morgan fingerprint density at radius 1 is 1.11 bits per heavy atom. The Labute approximate surface area is 120 Å². The van der Waals surface area contributed by atoms with Gasteiger partial charge in [0.1, 0.15) is 0 Å². The van der Waals surface area contributed by atoms with E-state index in [0.29, 0.717) is 32.1 Å². The van der Waals surface area contributed by atoms with Crippen molar-refractivity contribution in [3.8, 4) is 0 Å². The van der Waals surface area contributed by atoms with E-state index in [-0.39, 0.29) is 11.0 Å². The molecular formula is C10H26N2O5Si2. The largest absolute Gasteiger partial charge is 0.500 e. The van der Waals surface area contributed by atoms with Gasteiger partial charge in [0.15, 0.2) is 0 Å². The fraction of sp³-hybridized carbons (Fsp3) is 0.800. The third-order valence-corrected chi connectivity index (χ3v) is 5.47. The van der Waals surface area contributed by atoms with Gasteiger partial charge in [-0.2, -0.15) is 0 Å². The molecule has 0 rings (SSSR count). The molecule has 0 saturated carbocycles. The number of carbonyl (C=O) groups excluding carboxylic acids is 2. The lowest BCUT2D eigenvalue weighted by atomic mass is 10.4. The molecule has 19 heavy (non-hydrogen) atoms. The van der Waals surface area contributed by atoms with E-state index in [2.05, 4.69) is 5.32 Å². The van der Waals surface area contributed by atoms with Gasteiger partial charge in [0.25, 0.3) is 0 Å². The maximum atomic E-state index is 10.8. The van der Waals surface area contributed by atoms with E-state index in [1.54, 1.807) is 26.2 Å². The van der Waals surface area contributed by atoms with Gasteiger partial charge < -0.3 is 23.5 Å². The van der Waals surface area contributed by atoms with Crippen LogP contribution in [0.5, 0.6) is 0 Å². The monoisotopic (exact) mass is 310 g/mol. The summed E-state index contributed by atoms with van der Waals surface area (Å²) in [5.41, 5.74) is 0. The summed E-state index contributed by atoms with van der Waals surface area (Å²) in [5, 5.41) is 2.51. The second-order valence-electron chi connectivity index (χ2n) is 3.61. The van der Waals surface area contributed by atoms with Gasteiger partial charge in [-0.3, -0.25) is 9.59 Å². The molecule has 0 heterocycles. The quantitative estimate of drug-likeness (QED) is 0.256. The van der Waals surface area contributed by atoms with E-state index in [9.17, 15) is 9.59 Å². The van der Waals surface area contributed by atoms with Gasteiger partial charge in [-0.25, -0.2) is 0 Å². The van der Waals surface area contributed by atoms with Crippen LogP contribution < -0.4 is 5.32 Å². The normalized spacial score (nSPS) is 10.5. The highest BCUT2D eigenvalue weighted by Gasteiger charge is 2.36. The van der Waals surface area contributed by atoms with Crippen LogP contribution in [-0.2, 0) is 22.9 Å². The molecule has 9 heteroatoms. The second-order valence-corrected chi connectivity index (χ2v) is 6.70. The van der Waals surface area contributed by atoms with Crippen LogP contribution in [0.2, 0.25) is 6.04 Å². The van der Waals surface area contributed by atoms with E-state index in [4.69, 9.17) is 13.3 Å². The molecule has 0 aromatic rings. The molecule has 7 nitrogen and oxygen atoms in total. The molecule has 0 aromatic carbocycles. The fourth-order valence-electron chi connectivity index (χ4n) is 1.54. The van der Waals surface area contributed by atoms with Crippen LogP contribution in [0.1, 0.15) is 6.42 Å². The summed E-state index contributed by atoms with van der Waals surface area (Å²) in [6, 6.07) is 0.641. The molecule has 0 saturated heterocycles. The molecule has 0 radical (unpaired) electrons. The molecule has 1 N–H and O–H groups in total. The van der Waals surface area contributed by atoms with Gasteiger partial charge in [-0.05, 0) is 17.4 Å². The van der Waals surface area contributed by atoms with Crippen LogP contribution in [-0.4, -0.2) is 78.5 Å². The Morgan fingerprint density at radius 2 is 1.68 bits per heavy atom. The minimum absolute atomic E-state index is 0. The summed E-state index contributed by atoms with van der Waals surface area (Å²) in [4.78, 5) is 22.5. The Morgan fingerprint density at radius 3 is 2.11 bits per heavy atom. The van der Waals surface area contributed by atoms with E-state index in [1.807, 2.05) is 0 Å². The maximum Gasteiger partial charge on any atom is 0.500 e. The predicted molar refractivity (Wildman–Crippen MR) is 79.2 cm³/mol. The highest BCUT2D eigenvalue weighted by Crippen LogP contribution is 2.14. The van der Waals surface area contributed by atoms with Crippen LogP contribution in [0.15, 0.2) is 0 Å². The van der Waals surface area contributed by atoms with Crippen molar-refractivity contribution in [2.75, 3.05) is 41.0 Å². The molecule has 0 spiro atoms. The predicted octanol–water partition coefficient (Wildman–Crippen LogP) is -1.99. The van der Waals surface area contributed by atoms with Crippen LogP contribution in [0.3, 0.4) is 0 Å². The van der Waals surface area contributed by atoms with Crippen molar-refractivity contribution in [2.24, 2.45) is 0 Å². The molecule has 2 amide bonds. The average Bonchev–Trinajstić information content (AvgIpc) is 2.42. The van der Waals surface area contributed by atoms with Crippen molar-refractivity contribution >= 4 is 32.6 Å². The Kier molecular flexibility index (Phi) is 13.3. The van der Waals surface area contributed by atoms with Crippen LogP contribution in [0.25, 0.3) is 0 Å². The van der Waals surface area contributed by atoms with Gasteiger partial charge >= 0.3 is 8.80 Å². The molecule has 0 unspecified atom stereocenters. The molecule has 0 aromatic heterocycles. The molecular weight excluding hydrogens is 284 g/mol. The lowest BCUT2D eigenvalue weighted by molar-refractivity contribution is -0.118. The van der Waals surface area contributed by atoms with Crippen molar-refractivity contribution in [1.29, 1.82) is 0 Å². The summed E-state index contributed by atoms with van der Waals surface area (Å²) in [6.45, 7) is 1.52. The minimum atomic E-state index is -2.55. The molecule has 0 atom stereocenters. The number of hydrogen-bond acceptors (Lipinski definition) is 5. The maximum absolute atomic E-state index is 10.8. The SMILES string of the molecule is CO[Si](CCCN(C=O)CCNC=O)(OC)OC.[SiH4]. The summed E-state index contributed by atoms with van der Waals surface area (Å²) >= 11 is 0. The molecule has 0 aliphatic rings. The van der Waals surface area contributed by atoms with Crippen molar-refractivity contribution < 1.29 is 22.9 Å². The Balaban J connectivity index is 0. The van der Waals surface area contributed by atoms with Crippen LogP contribution >= 0.6 is 0 Å². The van der Waals surface area contributed by atoms with E-state index >= 15 is 0 Å². The van der Waals surface area contributed by atoms with Gasteiger partial charge in [0.2, 0.25) is 12.8 Å². The standard InChI is InChI=1S/C10H22N2O5Si.H4Si/c1-15-18(16-2,17-3)8-4-6-12(10-14)7-5-11-9-13;/h9-10H,4-8H2,1-3H3,(H,11,13);1H4. The van der Waals surface area contributed by atoms with Crippen LogP contribution in [0.4, 0.5) is 0 Å². The van der Waals surface area contributed by atoms with Gasteiger partial charge in [-0.15, -0.1) is 0 Å². The number of carbonyl (C=O) groups is 2. The smallest absolute Gasteiger partial charge is 0.377 e. The minimum Gasteiger partial charge on any atom is -0.377 e. The second kappa shape index (κ2) is 12.3. The highest BCUT2D eigenvalue weighted by molar-refractivity contribution is 6.60. The average molecular weight is 310 g/mol. The number of rotatable bonds is 12. The van der Waals surface area contributed by atoms with Crippen molar-refractivity contribution in [1.82, 2.24) is 10.2 Å². The molecule has 0 aliphatic carbocycles. The summed E-state index contributed by atoms with van der Waals surface area (Å²) < 4.78 is 15.8. The molecule has 0 fully saturated rings. The van der Waals surface area contributed by atoms with Crippen molar-refractivity contribution in [2.45, 2.75) is 12.5 Å². The van der Waals surface area contributed by atoms with Gasteiger partial charge in [0, 0.05) is 47.0 Å². The zero-order chi connectivity index (χ0) is 13.9. The third-order valence-electron chi connectivity index (χ3n) is 2.64. The molecule has 0 aliphatic heterocycles. The molecule has 114 valence electrons. The first kappa shape index (κ1) is 20.6. The van der Waals surface area contributed by atoms with Gasteiger partial charge in [0.05, 0.1) is 0 Å². The first-order chi connectivity index (χ1) is 8.67. The zero-order valence-corrected chi connectivity index (χ0v) is 12.2. The zero-order valence-electron chi connectivity index (χ0n) is 11.2. The third kappa shape index (κ3) is 8.11. The summed E-state index contributed by atoms with van der Waals surface area (Å²) in [7, 11) is 2.13. The number of nitrogens with one attached hydrogen (secondary N) is 1. The van der Waals surface area contributed by atoms with E-state index in [1.165, 1.54) is 0 Å². The van der Waals surface area contributed by atoms with Crippen molar-refractivity contribution in [3.05, 3.63) is 0 Å². The summed E-state index contributed by atoms with van der Waals surface area (Å²) in [5.74, 6) is 0. The first-order valence-corrected chi connectivity index (χ1v) is 7.63. The summed E-state index contributed by atoms with van der Waals surface area (Å²) in [6.07, 6.45) is 2.10. The van der Waals surface area contributed by atoms with Crippen LogP contribution in [0, 0.1) is 0 Å². The Bertz CT molecular complexity index is 234. The highest BCUT2D eigenvalue weighted by atomic mass is 28.4. The Hall–Kier alpha value is -0.746. The molecule has 0 bridgehead atoms. The topological polar surface area (TPSA) is 77.1 Å². The number of amides is 2. The van der Waals surface area contributed by atoms with Crippen molar-refractivity contribution in [3.63, 3.8) is 0 Å². The lowest BCUT2D eigenvalue weighted by Gasteiger charge is -2.25. The van der Waals surface area contributed by atoms with Gasteiger partial charge in [-0.1, -0.05) is 0 Å².